The summed E-state index contributed by atoms with van der Waals surface area (Å²) < 4.78 is 20.0. The lowest BCUT2D eigenvalue weighted by Crippen LogP contribution is -2.23. The topological polar surface area (TPSA) is 60.3 Å². The van der Waals surface area contributed by atoms with Gasteiger partial charge in [0.25, 0.3) is 5.91 Å². The molecule has 116 valence electrons. The van der Waals surface area contributed by atoms with Crippen LogP contribution in [0.2, 0.25) is 5.02 Å². The first-order valence-corrected chi connectivity index (χ1v) is 6.80. The molecular weight excluding hydrogens is 311 g/mol. The van der Waals surface area contributed by atoms with Crippen molar-refractivity contribution in [2.24, 2.45) is 7.05 Å². The largest absolute Gasteiger partial charge is 0.478 e. The van der Waals surface area contributed by atoms with Crippen molar-refractivity contribution < 1.29 is 13.9 Å². The number of hydrogen-bond acceptors (Lipinski definition) is 3. The van der Waals surface area contributed by atoms with Gasteiger partial charge in [-0.2, -0.15) is 0 Å². The average Bonchev–Trinajstić information content (AvgIpc) is 2.47. The molecule has 22 heavy (non-hydrogen) atoms. The van der Waals surface area contributed by atoms with Crippen molar-refractivity contribution in [1.82, 2.24) is 4.57 Å². The molecule has 1 aromatic heterocycles. The lowest BCUT2D eigenvalue weighted by Gasteiger charge is -2.11. The van der Waals surface area contributed by atoms with Gasteiger partial charge in [0.2, 0.25) is 5.43 Å². The van der Waals surface area contributed by atoms with Crippen LogP contribution < -0.4 is 15.5 Å². The van der Waals surface area contributed by atoms with Crippen molar-refractivity contribution in [3.8, 4) is 5.75 Å². The molecule has 2 aromatic rings. The number of pyridine rings is 1. The van der Waals surface area contributed by atoms with Gasteiger partial charge in [-0.1, -0.05) is 11.6 Å². The SMILES string of the molecule is Cc1c(OCC(=O)Nc2ccc(F)c(Cl)c2)c(=O)ccn1C. The molecule has 0 bridgehead atoms. The van der Waals surface area contributed by atoms with E-state index < -0.39 is 11.7 Å². The summed E-state index contributed by atoms with van der Waals surface area (Å²) >= 11 is 5.63. The number of rotatable bonds is 4. The minimum atomic E-state index is -0.570. The van der Waals surface area contributed by atoms with Gasteiger partial charge in [0.15, 0.2) is 12.4 Å². The highest BCUT2D eigenvalue weighted by Crippen LogP contribution is 2.19. The predicted octanol–water partition coefficient (Wildman–Crippen LogP) is 2.50. The van der Waals surface area contributed by atoms with E-state index >= 15 is 0 Å². The zero-order valence-electron chi connectivity index (χ0n) is 12.0. The second-order valence-corrected chi connectivity index (χ2v) is 5.08. The third-order valence-corrected chi connectivity index (χ3v) is 3.37. The van der Waals surface area contributed by atoms with E-state index in [-0.39, 0.29) is 22.8 Å². The summed E-state index contributed by atoms with van der Waals surface area (Å²) in [4.78, 5) is 23.5. The highest BCUT2D eigenvalue weighted by molar-refractivity contribution is 6.31. The number of nitrogens with zero attached hydrogens (tertiary/aromatic N) is 1. The number of ether oxygens (including phenoxy) is 1. The van der Waals surface area contributed by atoms with Crippen LogP contribution in [0.1, 0.15) is 5.69 Å². The number of anilines is 1. The number of carbonyl (C=O) groups is 1. The van der Waals surface area contributed by atoms with E-state index in [9.17, 15) is 14.0 Å². The Labute approximate surface area is 131 Å². The highest BCUT2D eigenvalue weighted by Gasteiger charge is 2.10. The van der Waals surface area contributed by atoms with Gasteiger partial charge in [0, 0.05) is 25.0 Å². The minimum absolute atomic E-state index is 0.0912. The van der Waals surface area contributed by atoms with Crippen LogP contribution in [0.4, 0.5) is 10.1 Å². The normalized spacial score (nSPS) is 10.4. The Morgan fingerprint density at radius 3 is 2.82 bits per heavy atom. The number of halogens is 2. The molecule has 1 amide bonds. The van der Waals surface area contributed by atoms with E-state index in [4.69, 9.17) is 16.3 Å². The van der Waals surface area contributed by atoms with E-state index in [1.807, 2.05) is 0 Å². The van der Waals surface area contributed by atoms with Gasteiger partial charge >= 0.3 is 0 Å². The average molecular weight is 325 g/mol. The van der Waals surface area contributed by atoms with Crippen molar-refractivity contribution in [2.45, 2.75) is 6.92 Å². The molecule has 0 atom stereocenters. The van der Waals surface area contributed by atoms with E-state index in [1.54, 1.807) is 24.7 Å². The minimum Gasteiger partial charge on any atom is -0.478 e. The molecule has 0 unspecified atom stereocenters. The summed E-state index contributed by atoms with van der Waals surface area (Å²) in [6.07, 6.45) is 1.62. The Morgan fingerprint density at radius 2 is 2.14 bits per heavy atom. The molecule has 0 fully saturated rings. The Morgan fingerprint density at radius 1 is 1.41 bits per heavy atom. The molecule has 0 aliphatic heterocycles. The van der Waals surface area contributed by atoms with E-state index in [0.29, 0.717) is 11.4 Å². The monoisotopic (exact) mass is 324 g/mol. The molecule has 1 aromatic carbocycles. The lowest BCUT2D eigenvalue weighted by molar-refractivity contribution is -0.118. The molecule has 1 heterocycles. The molecule has 2 rings (SSSR count). The van der Waals surface area contributed by atoms with Gasteiger partial charge in [-0.25, -0.2) is 4.39 Å². The Bertz CT molecular complexity index is 774. The second kappa shape index (κ2) is 6.62. The van der Waals surface area contributed by atoms with Gasteiger partial charge in [0.1, 0.15) is 5.82 Å². The van der Waals surface area contributed by atoms with Crippen molar-refractivity contribution in [2.75, 3.05) is 11.9 Å². The van der Waals surface area contributed by atoms with Crippen LogP contribution in [-0.4, -0.2) is 17.1 Å². The molecule has 0 aliphatic rings. The van der Waals surface area contributed by atoms with Gasteiger partial charge in [-0.05, 0) is 25.1 Å². The van der Waals surface area contributed by atoms with E-state index in [2.05, 4.69) is 5.32 Å². The van der Waals surface area contributed by atoms with Crippen molar-refractivity contribution in [1.29, 1.82) is 0 Å². The van der Waals surface area contributed by atoms with Crippen molar-refractivity contribution >= 4 is 23.2 Å². The quantitative estimate of drug-likeness (QED) is 0.940. The smallest absolute Gasteiger partial charge is 0.262 e. The number of carbonyl (C=O) groups excluding carboxylic acids is 1. The van der Waals surface area contributed by atoms with Gasteiger partial charge < -0.3 is 14.6 Å². The number of hydrogen-bond donors (Lipinski definition) is 1. The standard InChI is InChI=1S/C15H14ClFN2O3/c1-9-15(13(20)5-6-19(9)2)22-8-14(21)18-10-3-4-12(17)11(16)7-10/h3-7H,8H2,1-2H3,(H,18,21). The molecule has 0 saturated carbocycles. The fourth-order valence-electron chi connectivity index (χ4n) is 1.79. The molecule has 0 aliphatic carbocycles. The number of amides is 1. The zero-order chi connectivity index (χ0) is 16.3. The van der Waals surface area contributed by atoms with E-state index in [0.717, 1.165) is 6.07 Å². The summed E-state index contributed by atoms with van der Waals surface area (Å²) in [5.74, 6) is -0.926. The van der Waals surface area contributed by atoms with Gasteiger partial charge in [-0.15, -0.1) is 0 Å². The van der Waals surface area contributed by atoms with E-state index in [1.165, 1.54) is 18.2 Å². The zero-order valence-corrected chi connectivity index (χ0v) is 12.8. The molecular formula is C15H14ClFN2O3. The van der Waals surface area contributed by atoms with Crippen LogP contribution in [0.3, 0.4) is 0 Å². The summed E-state index contributed by atoms with van der Waals surface area (Å²) in [5, 5.41) is 2.42. The molecule has 0 spiro atoms. The van der Waals surface area contributed by atoms with Crippen LogP contribution in [0.15, 0.2) is 35.3 Å². The Kier molecular flexibility index (Phi) is 4.82. The van der Waals surface area contributed by atoms with Crippen LogP contribution in [0, 0.1) is 12.7 Å². The van der Waals surface area contributed by atoms with Crippen LogP contribution in [-0.2, 0) is 11.8 Å². The Hall–Kier alpha value is -2.34. The van der Waals surface area contributed by atoms with Crippen LogP contribution in [0.25, 0.3) is 0 Å². The highest BCUT2D eigenvalue weighted by atomic mass is 35.5. The maximum Gasteiger partial charge on any atom is 0.262 e. The fourth-order valence-corrected chi connectivity index (χ4v) is 1.97. The van der Waals surface area contributed by atoms with Crippen LogP contribution in [0.5, 0.6) is 5.75 Å². The van der Waals surface area contributed by atoms with Crippen molar-refractivity contribution in [3.05, 3.63) is 57.2 Å². The predicted molar refractivity (Wildman–Crippen MR) is 82.0 cm³/mol. The van der Waals surface area contributed by atoms with Crippen molar-refractivity contribution in [3.63, 3.8) is 0 Å². The first-order valence-electron chi connectivity index (χ1n) is 6.42. The molecule has 0 radical (unpaired) electrons. The number of aromatic nitrogens is 1. The number of aryl methyl sites for hydroxylation is 1. The summed E-state index contributed by atoms with van der Waals surface area (Å²) in [6, 6.07) is 5.18. The summed E-state index contributed by atoms with van der Waals surface area (Å²) in [7, 11) is 1.77. The number of benzene rings is 1. The maximum atomic E-state index is 13.0. The number of nitrogens with one attached hydrogen (secondary N) is 1. The summed E-state index contributed by atoms with van der Waals surface area (Å²) in [5.41, 5.74) is 0.663. The molecule has 5 nitrogen and oxygen atoms in total. The third kappa shape index (κ3) is 3.65. The summed E-state index contributed by atoms with van der Waals surface area (Å²) in [6.45, 7) is 1.38. The van der Waals surface area contributed by atoms with Gasteiger partial charge in [-0.3, -0.25) is 9.59 Å². The molecule has 7 heteroatoms. The third-order valence-electron chi connectivity index (χ3n) is 3.08. The Balaban J connectivity index is 2.03. The molecule has 0 saturated heterocycles. The fraction of sp³-hybridized carbons (Fsp3) is 0.200. The first kappa shape index (κ1) is 16.0. The van der Waals surface area contributed by atoms with Gasteiger partial charge in [0.05, 0.1) is 10.7 Å². The first-order chi connectivity index (χ1) is 10.4. The molecule has 1 N–H and O–H groups in total. The lowest BCUT2D eigenvalue weighted by atomic mass is 10.3. The second-order valence-electron chi connectivity index (χ2n) is 4.67. The van der Waals surface area contributed by atoms with Crippen LogP contribution >= 0.6 is 11.6 Å². The maximum absolute atomic E-state index is 13.0.